The van der Waals surface area contributed by atoms with Crippen molar-refractivity contribution in [2.75, 3.05) is 0 Å². The van der Waals surface area contributed by atoms with Crippen LogP contribution >= 0.6 is 0 Å². The molecule has 0 saturated heterocycles. The number of ketones is 2. The summed E-state index contributed by atoms with van der Waals surface area (Å²) in [4.78, 5) is 38.0. The third-order valence-electron chi connectivity index (χ3n) is 7.15. The molecule has 5 rings (SSSR count). The molecule has 1 fully saturated rings. The van der Waals surface area contributed by atoms with E-state index in [9.17, 15) is 34.8 Å². The lowest BCUT2D eigenvalue weighted by Gasteiger charge is -2.48. The summed E-state index contributed by atoms with van der Waals surface area (Å²) in [5.74, 6) is -7.31. The zero-order valence-electron chi connectivity index (χ0n) is 18.0. The van der Waals surface area contributed by atoms with Gasteiger partial charge in [-0.2, -0.15) is 5.10 Å². The van der Waals surface area contributed by atoms with Crippen LogP contribution in [0, 0.1) is 11.8 Å². The average molecular weight is 466 g/mol. The monoisotopic (exact) mass is 466 g/mol. The summed E-state index contributed by atoms with van der Waals surface area (Å²) in [6.07, 6.45) is 3.52. The number of aryl methyl sites for hydroxylation is 1. The van der Waals surface area contributed by atoms with Gasteiger partial charge in [-0.25, -0.2) is 0 Å². The van der Waals surface area contributed by atoms with E-state index in [-0.39, 0.29) is 29.7 Å². The molecule has 34 heavy (non-hydrogen) atoms. The number of rotatable bonds is 2. The van der Waals surface area contributed by atoms with Gasteiger partial charge in [-0.1, -0.05) is 6.07 Å². The Morgan fingerprint density at radius 2 is 1.94 bits per heavy atom. The first-order valence-corrected chi connectivity index (χ1v) is 10.6. The Hall–Kier alpha value is -3.96. The van der Waals surface area contributed by atoms with Gasteiger partial charge in [0.2, 0.25) is 5.78 Å². The smallest absolute Gasteiger partial charge is 0.255 e. The number of carbonyl (C=O) groups is 3. The fourth-order valence-corrected chi connectivity index (χ4v) is 5.55. The number of Topliss-reactive ketones (excluding diaryl/α,β-unsaturated/α-hetero) is 2. The summed E-state index contributed by atoms with van der Waals surface area (Å²) in [7, 11) is 1.74. The minimum absolute atomic E-state index is 0.0257. The number of fused-ring (bicyclic) bond motifs is 3. The molecule has 0 radical (unpaired) electrons. The highest BCUT2D eigenvalue weighted by molar-refractivity contribution is 6.24. The lowest BCUT2D eigenvalue weighted by molar-refractivity contribution is -0.149. The van der Waals surface area contributed by atoms with Crippen LogP contribution in [0.25, 0.3) is 16.9 Å². The quantitative estimate of drug-likeness (QED) is 0.323. The normalized spacial score (nSPS) is 28.5. The fraction of sp³-hybridized carbons (Fsp3) is 0.304. The molecule has 11 heteroatoms. The number of phenolic OH excluding ortho intramolecular Hbond substituents is 1. The van der Waals surface area contributed by atoms with E-state index in [4.69, 9.17) is 11.5 Å². The van der Waals surface area contributed by atoms with Crippen LogP contribution in [0.3, 0.4) is 0 Å². The molecule has 1 heterocycles. The van der Waals surface area contributed by atoms with Gasteiger partial charge in [0.25, 0.3) is 5.91 Å². The first-order valence-electron chi connectivity index (χ1n) is 10.6. The van der Waals surface area contributed by atoms with Crippen molar-refractivity contribution in [3.05, 3.63) is 52.6 Å². The summed E-state index contributed by atoms with van der Waals surface area (Å²) in [5, 5.41) is 47.8. The minimum Gasteiger partial charge on any atom is -0.508 e. The van der Waals surface area contributed by atoms with Crippen molar-refractivity contribution in [2.45, 2.75) is 24.5 Å². The number of carbonyl (C=O) groups excluding carboxylic acids is 3. The van der Waals surface area contributed by atoms with E-state index in [2.05, 4.69) is 5.10 Å². The number of hydrogen-bond donors (Lipinski definition) is 6. The van der Waals surface area contributed by atoms with E-state index in [0.29, 0.717) is 11.1 Å². The van der Waals surface area contributed by atoms with Gasteiger partial charge in [0, 0.05) is 30.3 Å². The molecule has 0 aliphatic heterocycles. The second-order valence-corrected chi connectivity index (χ2v) is 8.97. The largest absolute Gasteiger partial charge is 0.508 e. The summed E-state index contributed by atoms with van der Waals surface area (Å²) < 4.78 is 1.60. The first kappa shape index (κ1) is 21.9. The molecule has 0 unspecified atom stereocenters. The van der Waals surface area contributed by atoms with Crippen molar-refractivity contribution < 1.29 is 34.8 Å². The second-order valence-electron chi connectivity index (χ2n) is 8.97. The van der Waals surface area contributed by atoms with Gasteiger partial charge in [-0.15, -0.1) is 0 Å². The van der Waals surface area contributed by atoms with Crippen LogP contribution in [0.4, 0.5) is 0 Å². The predicted octanol–water partition coefficient (Wildman–Crippen LogP) is -0.238. The third-order valence-corrected chi connectivity index (χ3v) is 7.15. The van der Waals surface area contributed by atoms with Gasteiger partial charge in [0.05, 0.1) is 17.8 Å². The average Bonchev–Trinajstić information content (AvgIpc) is 3.20. The highest BCUT2D eigenvalue weighted by Crippen LogP contribution is 2.52. The van der Waals surface area contributed by atoms with Crippen LogP contribution in [0.5, 0.6) is 5.75 Å². The number of nitrogens with two attached hydrogens (primary N) is 2. The van der Waals surface area contributed by atoms with Crippen LogP contribution < -0.4 is 11.5 Å². The zero-order chi connectivity index (χ0) is 24.7. The number of aromatic nitrogens is 2. The number of hydrogen-bond acceptors (Lipinski definition) is 9. The standard InChI is InChI=1S/C23H22N4O7/c1-27-7-9(6-26-27)10-2-3-13(28)15-11(10)4-8-5-12-17(24)19(30)16(22(25)33)21(32)23(12,34)20(31)14(8)18(15)29/h2-3,6-8,12,17,28-29,32,34H,4-5,24H2,1H3,(H2,25,33)/t8-,12-,17+,23-/m0/s1. The van der Waals surface area contributed by atoms with Gasteiger partial charge in [0.1, 0.15) is 22.8 Å². The molecule has 0 spiro atoms. The number of aromatic hydroxyl groups is 1. The molecular weight excluding hydrogens is 444 g/mol. The predicted molar refractivity (Wildman–Crippen MR) is 117 cm³/mol. The van der Waals surface area contributed by atoms with Gasteiger partial charge in [-0.05, 0) is 36.0 Å². The van der Waals surface area contributed by atoms with Crippen LogP contribution in [-0.4, -0.2) is 59.3 Å². The topological polar surface area (TPSA) is 202 Å². The lowest BCUT2D eigenvalue weighted by Crippen LogP contribution is -2.65. The molecular formula is C23H22N4O7. The molecule has 3 aliphatic rings. The van der Waals surface area contributed by atoms with E-state index in [1.165, 1.54) is 6.07 Å². The maximum atomic E-state index is 13.6. The molecule has 8 N–H and O–H groups in total. The van der Waals surface area contributed by atoms with E-state index in [0.717, 1.165) is 5.56 Å². The van der Waals surface area contributed by atoms with Gasteiger partial charge in [0.15, 0.2) is 11.4 Å². The van der Waals surface area contributed by atoms with E-state index >= 15 is 0 Å². The van der Waals surface area contributed by atoms with Gasteiger partial charge < -0.3 is 31.9 Å². The third kappa shape index (κ3) is 2.65. The number of nitrogens with zero attached hydrogens (tertiary/aromatic N) is 2. The second kappa shape index (κ2) is 7.02. The van der Waals surface area contributed by atoms with E-state index < -0.39 is 58.0 Å². The maximum absolute atomic E-state index is 13.6. The summed E-state index contributed by atoms with van der Waals surface area (Å²) in [6, 6.07) is 1.58. The van der Waals surface area contributed by atoms with E-state index in [1.54, 1.807) is 30.2 Å². The summed E-state index contributed by atoms with van der Waals surface area (Å²) in [6.45, 7) is 0. The Labute approximate surface area is 192 Å². The van der Waals surface area contributed by atoms with Crippen molar-refractivity contribution in [3.63, 3.8) is 0 Å². The molecule has 1 aromatic carbocycles. The molecule has 176 valence electrons. The van der Waals surface area contributed by atoms with Crippen LogP contribution in [-0.2, 0) is 27.9 Å². The first-order chi connectivity index (χ1) is 16.0. The summed E-state index contributed by atoms with van der Waals surface area (Å²) in [5.41, 5.74) is 9.35. The molecule has 1 aromatic heterocycles. The maximum Gasteiger partial charge on any atom is 0.255 e. The Bertz CT molecular complexity index is 1370. The zero-order valence-corrected chi connectivity index (χ0v) is 18.0. The number of aliphatic hydroxyl groups excluding tert-OH is 2. The van der Waals surface area contributed by atoms with Crippen molar-refractivity contribution >= 4 is 23.2 Å². The number of benzene rings is 1. The molecule has 3 aliphatic carbocycles. The highest BCUT2D eigenvalue weighted by Gasteiger charge is 2.63. The Morgan fingerprint density at radius 1 is 1.24 bits per heavy atom. The van der Waals surface area contributed by atoms with Crippen molar-refractivity contribution in [2.24, 2.45) is 30.4 Å². The van der Waals surface area contributed by atoms with Crippen molar-refractivity contribution in [3.8, 4) is 16.9 Å². The Morgan fingerprint density at radius 3 is 2.56 bits per heavy atom. The Balaban J connectivity index is 1.73. The van der Waals surface area contributed by atoms with Gasteiger partial charge in [-0.3, -0.25) is 19.1 Å². The van der Waals surface area contributed by atoms with E-state index in [1.807, 2.05) is 0 Å². The van der Waals surface area contributed by atoms with Crippen molar-refractivity contribution in [1.29, 1.82) is 0 Å². The molecule has 11 nitrogen and oxygen atoms in total. The molecule has 1 amide bonds. The van der Waals surface area contributed by atoms with Crippen molar-refractivity contribution in [1.82, 2.24) is 9.78 Å². The van der Waals surface area contributed by atoms with Crippen LogP contribution in [0.15, 0.2) is 41.4 Å². The number of aliphatic hydroxyl groups is 3. The minimum atomic E-state index is -2.72. The SMILES string of the molecule is Cn1cc(-c2ccc(O)c3c2C[C@H]2C[C@H]4[C@@H](N)C(=O)C(C(N)=O)=C(O)[C@@]4(O)C(=O)C2=C3O)cn1. The van der Waals surface area contributed by atoms with Crippen LogP contribution in [0.2, 0.25) is 0 Å². The number of primary amides is 1. The fourth-order valence-electron chi connectivity index (χ4n) is 5.55. The summed E-state index contributed by atoms with van der Waals surface area (Å²) >= 11 is 0. The molecule has 1 saturated carbocycles. The number of phenols is 1. The highest BCUT2D eigenvalue weighted by atomic mass is 16.3. The number of amides is 1. The Kier molecular flexibility index (Phi) is 4.51. The van der Waals surface area contributed by atoms with Crippen LogP contribution in [0.1, 0.15) is 17.5 Å². The van der Waals surface area contributed by atoms with Gasteiger partial charge >= 0.3 is 0 Å². The molecule has 0 bridgehead atoms. The lowest BCUT2D eigenvalue weighted by atomic mass is 9.57. The molecule has 2 aromatic rings. The molecule has 4 atom stereocenters.